The summed E-state index contributed by atoms with van der Waals surface area (Å²) >= 11 is 0. The van der Waals surface area contributed by atoms with Crippen molar-refractivity contribution in [3.8, 4) is 0 Å². The molecule has 0 unspecified atom stereocenters. The van der Waals surface area contributed by atoms with Crippen LogP contribution in [-0.4, -0.2) is 27.1 Å². The van der Waals surface area contributed by atoms with Crippen LogP contribution < -0.4 is 4.90 Å². The summed E-state index contributed by atoms with van der Waals surface area (Å²) in [6.07, 6.45) is 5.63. The quantitative estimate of drug-likeness (QED) is 0.880. The molecule has 1 aliphatic carbocycles. The minimum atomic E-state index is 0.0331. The van der Waals surface area contributed by atoms with Crippen LogP contribution in [0.1, 0.15) is 38.8 Å². The molecule has 0 bridgehead atoms. The van der Waals surface area contributed by atoms with E-state index in [0.29, 0.717) is 12.0 Å². The third-order valence-corrected chi connectivity index (χ3v) is 3.96. The van der Waals surface area contributed by atoms with E-state index in [9.17, 15) is 5.11 Å². The number of rotatable bonds is 6. The van der Waals surface area contributed by atoms with Crippen molar-refractivity contribution in [2.45, 2.75) is 45.8 Å². The Kier molecular flexibility index (Phi) is 3.66. The van der Waals surface area contributed by atoms with E-state index in [1.807, 2.05) is 28.8 Å². The van der Waals surface area contributed by atoms with E-state index in [-0.39, 0.29) is 6.61 Å². The van der Waals surface area contributed by atoms with Crippen LogP contribution in [0, 0.1) is 5.92 Å². The Labute approximate surface area is 120 Å². The summed E-state index contributed by atoms with van der Waals surface area (Å²) in [4.78, 5) is 7.15. The lowest BCUT2D eigenvalue weighted by atomic mass is 10.1. The molecule has 2 aromatic rings. The molecule has 2 heterocycles. The molecule has 108 valence electrons. The lowest BCUT2D eigenvalue weighted by Crippen LogP contribution is -2.29. The Morgan fingerprint density at radius 1 is 1.40 bits per heavy atom. The van der Waals surface area contributed by atoms with Gasteiger partial charge in [-0.15, -0.1) is 0 Å². The van der Waals surface area contributed by atoms with Crippen LogP contribution in [0.4, 0.5) is 5.82 Å². The first-order valence-electron chi connectivity index (χ1n) is 7.54. The molecule has 1 saturated carbocycles. The van der Waals surface area contributed by atoms with Gasteiger partial charge < -0.3 is 10.0 Å². The Bertz CT molecular complexity index is 586. The summed E-state index contributed by atoms with van der Waals surface area (Å²) in [5.41, 5.74) is 1.83. The van der Waals surface area contributed by atoms with E-state index in [4.69, 9.17) is 4.98 Å². The maximum Gasteiger partial charge on any atom is 0.153 e. The molecule has 4 heteroatoms. The molecule has 0 saturated heterocycles. The normalized spacial score (nSPS) is 15.2. The Morgan fingerprint density at radius 3 is 2.85 bits per heavy atom. The van der Waals surface area contributed by atoms with Crippen molar-refractivity contribution in [3.63, 3.8) is 0 Å². The maximum absolute atomic E-state index is 9.75. The lowest BCUT2D eigenvalue weighted by Gasteiger charge is -2.24. The van der Waals surface area contributed by atoms with Crippen LogP contribution in [0.15, 0.2) is 24.4 Å². The third-order valence-electron chi connectivity index (χ3n) is 3.96. The highest BCUT2D eigenvalue weighted by Gasteiger charge is 2.32. The van der Waals surface area contributed by atoms with Crippen LogP contribution in [0.25, 0.3) is 5.65 Å². The van der Waals surface area contributed by atoms with Gasteiger partial charge in [-0.25, -0.2) is 4.98 Å². The first kappa shape index (κ1) is 13.4. The van der Waals surface area contributed by atoms with Crippen molar-refractivity contribution < 1.29 is 5.11 Å². The van der Waals surface area contributed by atoms with E-state index in [0.717, 1.165) is 30.1 Å². The lowest BCUT2D eigenvalue weighted by molar-refractivity contribution is 0.276. The number of aliphatic hydroxyl groups is 1. The van der Waals surface area contributed by atoms with Crippen LogP contribution in [0.5, 0.6) is 0 Å². The number of anilines is 1. The Morgan fingerprint density at radius 2 is 2.20 bits per heavy atom. The summed E-state index contributed by atoms with van der Waals surface area (Å²) in [5.74, 6) is 1.66. The van der Waals surface area contributed by atoms with Crippen molar-refractivity contribution in [3.05, 3.63) is 30.1 Å². The number of pyridine rings is 1. The molecule has 2 aromatic heterocycles. The summed E-state index contributed by atoms with van der Waals surface area (Å²) in [6.45, 7) is 5.56. The second-order valence-electron chi connectivity index (χ2n) is 6.08. The fraction of sp³-hybridized carbons (Fsp3) is 0.562. The number of nitrogens with zero attached hydrogens (tertiary/aromatic N) is 3. The van der Waals surface area contributed by atoms with E-state index in [2.05, 4.69) is 18.7 Å². The van der Waals surface area contributed by atoms with Crippen molar-refractivity contribution in [1.29, 1.82) is 0 Å². The summed E-state index contributed by atoms with van der Waals surface area (Å²) in [5, 5.41) is 9.75. The van der Waals surface area contributed by atoms with E-state index >= 15 is 0 Å². The number of hydrogen-bond acceptors (Lipinski definition) is 3. The zero-order valence-corrected chi connectivity index (χ0v) is 12.3. The highest BCUT2D eigenvalue weighted by molar-refractivity contribution is 5.57. The molecule has 0 atom stereocenters. The first-order valence-corrected chi connectivity index (χ1v) is 7.54. The molecule has 1 aliphatic rings. The number of fused-ring (bicyclic) bond motifs is 1. The van der Waals surface area contributed by atoms with Crippen LogP contribution in [0.3, 0.4) is 0 Å². The molecule has 3 rings (SSSR count). The minimum Gasteiger partial charge on any atom is -0.390 e. The Hall–Kier alpha value is -1.55. The van der Waals surface area contributed by atoms with Gasteiger partial charge in [0.05, 0.1) is 12.3 Å². The second kappa shape index (κ2) is 5.44. The molecule has 1 fully saturated rings. The molecule has 0 amide bonds. The second-order valence-corrected chi connectivity index (χ2v) is 6.08. The fourth-order valence-electron chi connectivity index (χ4n) is 2.66. The van der Waals surface area contributed by atoms with E-state index < -0.39 is 0 Å². The van der Waals surface area contributed by atoms with Crippen LogP contribution >= 0.6 is 0 Å². The van der Waals surface area contributed by atoms with Gasteiger partial charge >= 0.3 is 0 Å². The molecule has 0 aliphatic heterocycles. The molecule has 0 aromatic carbocycles. The van der Waals surface area contributed by atoms with Gasteiger partial charge in [0.1, 0.15) is 5.65 Å². The summed E-state index contributed by atoms with van der Waals surface area (Å²) in [6, 6.07) is 6.58. The number of aromatic nitrogens is 2. The smallest absolute Gasteiger partial charge is 0.153 e. The zero-order chi connectivity index (χ0) is 14.1. The standard InChI is InChI=1S/C16H23N3O/c1-12(2)8-10-18(13-6-7-13)16-14(11-20)19-9-4-3-5-15(19)17-16/h3-5,9,12-13,20H,6-8,10-11H2,1-2H3. The monoisotopic (exact) mass is 273 g/mol. The summed E-state index contributed by atoms with van der Waals surface area (Å²) in [7, 11) is 0. The SMILES string of the molecule is CC(C)CCN(c1nc2ccccn2c1CO)C1CC1. The van der Waals surface area contributed by atoms with Gasteiger partial charge in [0.2, 0.25) is 0 Å². The van der Waals surface area contributed by atoms with Gasteiger partial charge in [0, 0.05) is 18.8 Å². The maximum atomic E-state index is 9.75. The third kappa shape index (κ3) is 2.52. The van der Waals surface area contributed by atoms with Gasteiger partial charge in [-0.2, -0.15) is 0 Å². The van der Waals surface area contributed by atoms with Crippen LogP contribution in [0.2, 0.25) is 0 Å². The molecular formula is C16H23N3O. The van der Waals surface area contributed by atoms with Crippen molar-refractivity contribution in [2.24, 2.45) is 5.92 Å². The fourth-order valence-corrected chi connectivity index (χ4v) is 2.66. The molecular weight excluding hydrogens is 250 g/mol. The van der Waals surface area contributed by atoms with Crippen molar-refractivity contribution in [2.75, 3.05) is 11.4 Å². The Balaban J connectivity index is 1.97. The number of imidazole rings is 1. The highest BCUT2D eigenvalue weighted by atomic mass is 16.3. The topological polar surface area (TPSA) is 40.8 Å². The van der Waals surface area contributed by atoms with Crippen molar-refractivity contribution in [1.82, 2.24) is 9.38 Å². The largest absolute Gasteiger partial charge is 0.390 e. The average Bonchev–Trinajstić information content (AvgIpc) is 3.19. The molecule has 4 nitrogen and oxygen atoms in total. The van der Waals surface area contributed by atoms with Gasteiger partial charge in [-0.3, -0.25) is 4.40 Å². The minimum absolute atomic E-state index is 0.0331. The van der Waals surface area contributed by atoms with E-state index in [1.54, 1.807) is 0 Å². The predicted molar refractivity (Wildman–Crippen MR) is 80.9 cm³/mol. The molecule has 20 heavy (non-hydrogen) atoms. The summed E-state index contributed by atoms with van der Waals surface area (Å²) < 4.78 is 2.00. The average molecular weight is 273 g/mol. The first-order chi connectivity index (χ1) is 9.70. The van der Waals surface area contributed by atoms with E-state index in [1.165, 1.54) is 12.8 Å². The highest BCUT2D eigenvalue weighted by Crippen LogP contribution is 2.34. The van der Waals surface area contributed by atoms with Gasteiger partial charge in [-0.05, 0) is 37.3 Å². The zero-order valence-electron chi connectivity index (χ0n) is 12.3. The molecule has 1 N–H and O–H groups in total. The molecule has 0 spiro atoms. The van der Waals surface area contributed by atoms with Crippen LogP contribution in [-0.2, 0) is 6.61 Å². The number of hydrogen-bond donors (Lipinski definition) is 1. The van der Waals surface area contributed by atoms with Crippen molar-refractivity contribution >= 4 is 11.5 Å². The van der Waals surface area contributed by atoms with Gasteiger partial charge in [0.25, 0.3) is 0 Å². The van der Waals surface area contributed by atoms with Gasteiger partial charge in [-0.1, -0.05) is 19.9 Å². The predicted octanol–water partition coefficient (Wildman–Crippen LogP) is 2.84. The van der Waals surface area contributed by atoms with Gasteiger partial charge in [0.15, 0.2) is 5.82 Å². The number of aliphatic hydroxyl groups excluding tert-OH is 1. The molecule has 0 radical (unpaired) electrons.